The van der Waals surface area contributed by atoms with Gasteiger partial charge in [-0.3, -0.25) is 4.79 Å². The van der Waals surface area contributed by atoms with Crippen molar-refractivity contribution in [3.8, 4) is 0 Å². The van der Waals surface area contributed by atoms with E-state index in [1.54, 1.807) is 24.3 Å². The number of ether oxygens (including phenoxy) is 1. The van der Waals surface area contributed by atoms with E-state index < -0.39 is 0 Å². The Morgan fingerprint density at radius 3 is 2.41 bits per heavy atom. The molecule has 17 heavy (non-hydrogen) atoms. The summed E-state index contributed by atoms with van der Waals surface area (Å²) in [4.78, 5) is 21.2. The fraction of sp³-hybridized carbons (Fsp3) is 0.385. The van der Waals surface area contributed by atoms with Crippen molar-refractivity contribution in [2.24, 2.45) is 0 Å². The van der Waals surface area contributed by atoms with Gasteiger partial charge in [0.25, 0.3) is 0 Å². The smallest absolute Gasteiger partial charge is 0.337 e. The third-order valence-corrected chi connectivity index (χ3v) is 2.33. The molecular weight excluding hydrogens is 218 g/mol. The van der Waals surface area contributed by atoms with E-state index in [-0.39, 0.29) is 5.97 Å². The Bertz CT molecular complexity index is 354. The molecule has 0 unspecified atom stereocenters. The SMILES string of the molecule is COC(=O)c1ccccc1.O=C1CCCNC1. The minimum absolute atomic E-state index is 0.291. The van der Waals surface area contributed by atoms with Crippen LogP contribution in [0, 0.1) is 0 Å². The Labute approximate surface area is 101 Å². The van der Waals surface area contributed by atoms with Gasteiger partial charge in [-0.15, -0.1) is 0 Å². The molecule has 1 heterocycles. The highest BCUT2D eigenvalue weighted by Crippen LogP contribution is 1.98. The van der Waals surface area contributed by atoms with Gasteiger partial charge in [-0.25, -0.2) is 4.79 Å². The van der Waals surface area contributed by atoms with Crippen LogP contribution in [0.15, 0.2) is 30.3 Å². The molecule has 1 fully saturated rings. The van der Waals surface area contributed by atoms with Crippen molar-refractivity contribution in [1.82, 2.24) is 5.32 Å². The first-order valence-corrected chi connectivity index (χ1v) is 5.60. The second-order valence-corrected chi connectivity index (χ2v) is 3.68. The number of hydrogen-bond donors (Lipinski definition) is 1. The average Bonchev–Trinajstić information content (AvgIpc) is 2.40. The fourth-order valence-corrected chi connectivity index (χ4v) is 1.42. The van der Waals surface area contributed by atoms with Crippen LogP contribution in [-0.2, 0) is 9.53 Å². The van der Waals surface area contributed by atoms with Crippen LogP contribution < -0.4 is 5.32 Å². The Morgan fingerprint density at radius 1 is 1.29 bits per heavy atom. The first kappa shape index (κ1) is 13.4. The number of benzene rings is 1. The molecule has 1 aromatic rings. The molecule has 1 aliphatic rings. The third-order valence-electron chi connectivity index (χ3n) is 2.33. The molecule has 1 aromatic carbocycles. The van der Waals surface area contributed by atoms with Crippen LogP contribution in [0.3, 0.4) is 0 Å². The number of rotatable bonds is 1. The number of nitrogens with one attached hydrogen (secondary N) is 1. The first-order valence-electron chi connectivity index (χ1n) is 5.60. The van der Waals surface area contributed by atoms with Crippen molar-refractivity contribution in [2.75, 3.05) is 20.2 Å². The van der Waals surface area contributed by atoms with Gasteiger partial charge in [0.2, 0.25) is 0 Å². The van der Waals surface area contributed by atoms with Gasteiger partial charge >= 0.3 is 5.97 Å². The summed E-state index contributed by atoms with van der Waals surface area (Å²) in [5.74, 6) is 0.0619. The molecule has 2 rings (SSSR count). The normalized spacial score (nSPS) is 14.5. The van der Waals surface area contributed by atoms with E-state index in [9.17, 15) is 9.59 Å². The van der Waals surface area contributed by atoms with Crippen LogP contribution in [0.1, 0.15) is 23.2 Å². The number of carbonyl (C=O) groups is 2. The predicted molar refractivity (Wildman–Crippen MR) is 64.9 cm³/mol. The quantitative estimate of drug-likeness (QED) is 0.748. The topological polar surface area (TPSA) is 55.4 Å². The number of Topliss-reactive ketones (excluding diaryl/α,β-unsaturated/α-hetero) is 1. The van der Waals surface area contributed by atoms with Crippen LogP contribution in [0.25, 0.3) is 0 Å². The maximum atomic E-state index is 10.8. The first-order chi connectivity index (χ1) is 8.24. The fourth-order valence-electron chi connectivity index (χ4n) is 1.42. The summed E-state index contributed by atoms with van der Waals surface area (Å²) in [6, 6.07) is 8.88. The summed E-state index contributed by atoms with van der Waals surface area (Å²) >= 11 is 0. The maximum absolute atomic E-state index is 10.8. The van der Waals surface area contributed by atoms with E-state index in [0.717, 1.165) is 19.4 Å². The van der Waals surface area contributed by atoms with E-state index in [0.29, 0.717) is 17.9 Å². The van der Waals surface area contributed by atoms with Gasteiger partial charge in [0.15, 0.2) is 0 Å². The van der Waals surface area contributed by atoms with Crippen molar-refractivity contribution >= 4 is 11.8 Å². The molecule has 1 aliphatic heterocycles. The summed E-state index contributed by atoms with van der Waals surface area (Å²) < 4.78 is 4.50. The summed E-state index contributed by atoms with van der Waals surface area (Å²) in [6.45, 7) is 1.62. The zero-order valence-corrected chi connectivity index (χ0v) is 9.94. The molecular formula is C13H17NO3. The molecule has 0 radical (unpaired) electrons. The lowest BCUT2D eigenvalue weighted by atomic mass is 10.1. The van der Waals surface area contributed by atoms with Crippen LogP contribution >= 0.6 is 0 Å². The maximum Gasteiger partial charge on any atom is 0.337 e. The monoisotopic (exact) mass is 235 g/mol. The lowest BCUT2D eigenvalue weighted by molar-refractivity contribution is -0.119. The zero-order chi connectivity index (χ0) is 12.5. The molecule has 0 bridgehead atoms. The Hall–Kier alpha value is -1.68. The van der Waals surface area contributed by atoms with Crippen LogP contribution in [0.2, 0.25) is 0 Å². The minimum Gasteiger partial charge on any atom is -0.465 e. The summed E-state index contributed by atoms with van der Waals surface area (Å²) in [6.07, 6.45) is 1.81. The molecule has 0 spiro atoms. The van der Waals surface area contributed by atoms with Gasteiger partial charge in [-0.1, -0.05) is 18.2 Å². The van der Waals surface area contributed by atoms with Gasteiger partial charge in [0.1, 0.15) is 5.78 Å². The van der Waals surface area contributed by atoms with Gasteiger partial charge in [-0.2, -0.15) is 0 Å². The molecule has 0 aromatic heterocycles. The Balaban J connectivity index is 0.000000181. The molecule has 1 saturated heterocycles. The van der Waals surface area contributed by atoms with Crippen molar-refractivity contribution in [3.63, 3.8) is 0 Å². The van der Waals surface area contributed by atoms with Crippen molar-refractivity contribution in [2.45, 2.75) is 12.8 Å². The molecule has 0 saturated carbocycles. The number of piperidine rings is 1. The molecule has 1 N–H and O–H groups in total. The largest absolute Gasteiger partial charge is 0.465 e. The molecule has 0 aliphatic carbocycles. The van der Waals surface area contributed by atoms with Gasteiger partial charge in [0, 0.05) is 6.42 Å². The van der Waals surface area contributed by atoms with E-state index in [1.807, 2.05) is 6.07 Å². The summed E-state index contributed by atoms with van der Waals surface area (Å²) in [5, 5.41) is 2.98. The zero-order valence-electron chi connectivity index (χ0n) is 9.94. The van der Waals surface area contributed by atoms with Crippen molar-refractivity contribution in [1.29, 1.82) is 0 Å². The van der Waals surface area contributed by atoms with Gasteiger partial charge in [-0.05, 0) is 25.1 Å². The molecule has 4 heteroatoms. The second-order valence-electron chi connectivity index (χ2n) is 3.68. The van der Waals surface area contributed by atoms with Crippen LogP contribution in [0.4, 0.5) is 0 Å². The molecule has 92 valence electrons. The Kier molecular flexibility index (Phi) is 5.96. The van der Waals surface area contributed by atoms with Gasteiger partial charge < -0.3 is 10.1 Å². The molecule has 0 amide bonds. The highest BCUT2D eigenvalue weighted by Gasteiger charge is 2.04. The van der Waals surface area contributed by atoms with Crippen molar-refractivity contribution < 1.29 is 14.3 Å². The highest BCUT2D eigenvalue weighted by molar-refractivity contribution is 5.89. The van der Waals surface area contributed by atoms with Gasteiger partial charge in [0.05, 0.1) is 19.2 Å². The number of ketones is 1. The van der Waals surface area contributed by atoms with E-state index in [1.165, 1.54) is 7.11 Å². The van der Waals surface area contributed by atoms with Crippen LogP contribution in [-0.4, -0.2) is 32.0 Å². The minimum atomic E-state index is -0.291. The Morgan fingerprint density at radius 2 is 2.00 bits per heavy atom. The van der Waals surface area contributed by atoms with E-state index in [4.69, 9.17) is 0 Å². The standard InChI is InChI=1S/C8H8O2.C5H9NO/c1-10-8(9)7-5-3-2-4-6-7;7-5-2-1-3-6-4-5/h2-6H,1H3;6H,1-4H2. The highest BCUT2D eigenvalue weighted by atomic mass is 16.5. The molecule has 0 atom stereocenters. The number of methoxy groups -OCH3 is 1. The van der Waals surface area contributed by atoms with Crippen LogP contribution in [0.5, 0.6) is 0 Å². The predicted octanol–water partition coefficient (Wildman–Crippen LogP) is 1.41. The average molecular weight is 235 g/mol. The number of hydrogen-bond acceptors (Lipinski definition) is 4. The van der Waals surface area contributed by atoms with E-state index in [2.05, 4.69) is 10.1 Å². The lowest BCUT2D eigenvalue weighted by Gasteiger charge is -2.08. The third kappa shape index (κ3) is 5.26. The summed E-state index contributed by atoms with van der Waals surface area (Å²) in [5.41, 5.74) is 0.588. The molecule has 4 nitrogen and oxygen atoms in total. The lowest BCUT2D eigenvalue weighted by Crippen LogP contribution is -2.29. The van der Waals surface area contributed by atoms with Crippen molar-refractivity contribution in [3.05, 3.63) is 35.9 Å². The van der Waals surface area contributed by atoms with E-state index >= 15 is 0 Å². The summed E-state index contributed by atoms with van der Waals surface area (Å²) in [7, 11) is 1.37. The second kappa shape index (κ2) is 7.57. The number of carbonyl (C=O) groups excluding carboxylic acids is 2. The number of esters is 1.